The van der Waals surface area contributed by atoms with Crippen LogP contribution < -0.4 is 10.2 Å². The molecule has 0 aliphatic heterocycles. The zero-order valence-electron chi connectivity index (χ0n) is 21.0. The van der Waals surface area contributed by atoms with Crippen LogP contribution in [0.2, 0.25) is 0 Å². The van der Waals surface area contributed by atoms with E-state index >= 15 is 0 Å². The molecule has 0 aromatic carbocycles. The second kappa shape index (κ2) is 27.8. The van der Waals surface area contributed by atoms with Gasteiger partial charge in [0, 0.05) is 13.8 Å². The van der Waals surface area contributed by atoms with Crippen LogP contribution in [0.25, 0.3) is 0 Å². The Bertz CT molecular complexity index is 646. The fraction of sp³-hybridized carbons (Fsp3) is 0.600. The Hall–Kier alpha value is -1.78. The first-order valence-electron chi connectivity index (χ1n) is 10.0. The molecule has 224 valence electrons. The minimum atomic E-state index is -2.31. The second-order valence-corrected chi connectivity index (χ2v) is 6.54. The Morgan fingerprint density at radius 2 is 0.872 bits per heavy atom. The molecule has 0 spiro atoms. The van der Waals surface area contributed by atoms with Crippen molar-refractivity contribution in [1.29, 1.82) is 0 Å². The smallest absolute Gasteiger partial charge is 0.547 e. The summed E-state index contributed by atoms with van der Waals surface area (Å²) in [4.78, 5) is 39.5. The van der Waals surface area contributed by atoms with Crippen LogP contribution in [-0.2, 0) is 28.7 Å². The zero-order chi connectivity index (χ0) is 31.2. The number of carboxylic acids is 2. The third-order valence-corrected chi connectivity index (χ3v) is 3.49. The van der Waals surface area contributed by atoms with Gasteiger partial charge < -0.3 is 80.3 Å². The van der Waals surface area contributed by atoms with E-state index in [1.807, 2.05) is 0 Å². The van der Waals surface area contributed by atoms with E-state index in [1.54, 1.807) is 0 Å². The average Bonchev–Trinajstić information content (AvgIpc) is 2.85. The number of aliphatic hydroxyl groups is 10. The molecular weight excluding hydrogens is 568 g/mol. The van der Waals surface area contributed by atoms with E-state index in [0.29, 0.717) is 0 Å². The maximum Gasteiger partial charge on any atom is 2.00 e. The van der Waals surface area contributed by atoms with Gasteiger partial charge >= 0.3 is 49.7 Å². The van der Waals surface area contributed by atoms with Gasteiger partial charge in [-0.15, -0.1) is 0 Å². The molecule has 0 aromatic rings. The van der Waals surface area contributed by atoms with Crippen molar-refractivity contribution in [3.8, 4) is 0 Å². The van der Waals surface area contributed by atoms with Gasteiger partial charge in [0.1, 0.15) is 48.8 Å². The number of carbonyl (C=O) groups excluding carboxylic acids is 4. The molecule has 0 fully saturated rings. The van der Waals surface area contributed by atoms with Crippen molar-refractivity contribution in [3.05, 3.63) is 25.7 Å². The number of rotatable bonds is 12. The number of aliphatic hydroxyl groups excluding tert-OH is 10. The maximum absolute atomic E-state index is 9.98. The summed E-state index contributed by atoms with van der Waals surface area (Å²) in [7, 11) is 0. The van der Waals surface area contributed by atoms with Gasteiger partial charge in [0.25, 0.3) is 0 Å². The molecule has 0 saturated heterocycles. The van der Waals surface area contributed by atoms with Crippen LogP contribution in [0.15, 0.2) is 25.7 Å². The van der Waals surface area contributed by atoms with Gasteiger partial charge in [-0.1, -0.05) is 13.2 Å². The molecule has 0 rings (SSSR count). The summed E-state index contributed by atoms with van der Waals surface area (Å²) in [6.07, 6.45) is -14.0. The van der Waals surface area contributed by atoms with Crippen molar-refractivity contribution in [2.75, 3.05) is 13.2 Å². The van der Waals surface area contributed by atoms with E-state index in [1.165, 1.54) is 13.8 Å². The molecule has 39 heavy (non-hydrogen) atoms. The fourth-order valence-corrected chi connectivity index (χ4v) is 1.56. The van der Waals surface area contributed by atoms with Crippen molar-refractivity contribution >= 4 is 61.6 Å². The van der Waals surface area contributed by atoms with Gasteiger partial charge in [0.2, 0.25) is 0 Å². The molecular formula is C20H34CaO18. The van der Waals surface area contributed by atoms with Crippen LogP contribution >= 0.6 is 0 Å². The molecule has 8 unspecified atom stereocenters. The van der Waals surface area contributed by atoms with Crippen molar-refractivity contribution < 1.29 is 89.9 Å². The summed E-state index contributed by atoms with van der Waals surface area (Å²) >= 11 is 0. The number of carbonyl (C=O) groups is 4. The quantitative estimate of drug-likeness (QED) is 0.0563. The topological polar surface area (TPSA) is 335 Å². The first-order valence-corrected chi connectivity index (χ1v) is 10.0. The van der Waals surface area contributed by atoms with Crippen molar-refractivity contribution in [1.82, 2.24) is 0 Å². The first-order chi connectivity index (χ1) is 17.4. The molecule has 0 aliphatic rings. The molecule has 10 N–H and O–H groups in total. The van der Waals surface area contributed by atoms with Crippen molar-refractivity contribution in [2.24, 2.45) is 0 Å². The Labute approximate surface area is 252 Å². The first kappa shape index (κ1) is 47.0. The number of aliphatic carboxylic acids is 2. The molecule has 8 atom stereocenters. The molecule has 0 amide bonds. The van der Waals surface area contributed by atoms with Gasteiger partial charge in [0.15, 0.2) is 0 Å². The fourth-order valence-electron chi connectivity index (χ4n) is 1.56. The molecule has 0 radical (unpaired) electrons. The number of carboxylic acid groups (broad SMARTS) is 2. The molecule has 19 heteroatoms. The monoisotopic (exact) mass is 602 g/mol. The summed E-state index contributed by atoms with van der Waals surface area (Å²) in [6, 6.07) is 0. The van der Waals surface area contributed by atoms with Crippen LogP contribution in [0.4, 0.5) is 0 Å². The van der Waals surface area contributed by atoms with Crippen LogP contribution in [0.3, 0.4) is 0 Å². The van der Waals surface area contributed by atoms with Gasteiger partial charge in [0.05, 0.1) is 37.7 Å². The molecule has 18 nitrogen and oxygen atoms in total. The molecule has 0 heterocycles. The zero-order valence-corrected chi connectivity index (χ0v) is 23.3. The average molecular weight is 603 g/mol. The van der Waals surface area contributed by atoms with E-state index in [4.69, 9.17) is 51.1 Å². The third-order valence-electron chi connectivity index (χ3n) is 3.49. The van der Waals surface area contributed by atoms with Crippen LogP contribution in [0.1, 0.15) is 13.8 Å². The second-order valence-electron chi connectivity index (χ2n) is 6.54. The normalized spacial score (nSPS) is 15.7. The SMILES string of the molecule is C=COC(C)=O.C=COC(C)=O.O=C([O-])C(O)C(O)C(O)C(O)CO.O=C([O-])C(O)C(O)C(O)C(O)CO.[Ca+2]. The molecule has 0 bridgehead atoms. The van der Waals surface area contributed by atoms with Gasteiger partial charge in [-0.25, -0.2) is 0 Å². The Balaban J connectivity index is -0.000000139. The predicted octanol–water partition coefficient (Wildman–Crippen LogP) is -8.65. The van der Waals surface area contributed by atoms with E-state index in [9.17, 15) is 29.4 Å². The number of ether oxygens (including phenoxy) is 2. The molecule has 0 saturated carbocycles. The summed E-state index contributed by atoms with van der Waals surface area (Å²) < 4.78 is 8.33. The number of hydrogen-bond acceptors (Lipinski definition) is 18. The number of esters is 2. The standard InChI is InChI=1S/2C6H12O7.2C4H6O2.Ca/c2*7-1-2(8)3(9)4(10)5(11)6(12)13;2*1-3-6-4(2)5;/h2*2-5,7-11H,1H2,(H,12,13);2*3H,1H2,2H3;/q;;;;+2/p-2. The number of hydrogen-bond donors (Lipinski definition) is 10. The third kappa shape index (κ3) is 26.2. The van der Waals surface area contributed by atoms with E-state index in [2.05, 4.69) is 22.6 Å². The van der Waals surface area contributed by atoms with E-state index < -0.39 is 74.0 Å². The molecule has 0 aliphatic carbocycles. The minimum Gasteiger partial charge on any atom is -0.547 e. The Morgan fingerprint density at radius 1 is 0.641 bits per heavy atom. The summed E-state index contributed by atoms with van der Waals surface area (Å²) in [5, 5.41) is 107. The van der Waals surface area contributed by atoms with E-state index in [-0.39, 0.29) is 49.7 Å². The Morgan fingerprint density at radius 3 is 0.974 bits per heavy atom. The summed E-state index contributed by atoms with van der Waals surface area (Å²) in [5.74, 6) is -4.61. The van der Waals surface area contributed by atoms with Gasteiger partial charge in [-0.2, -0.15) is 0 Å². The van der Waals surface area contributed by atoms with Crippen molar-refractivity contribution in [3.63, 3.8) is 0 Å². The minimum absolute atomic E-state index is 0. The van der Waals surface area contributed by atoms with Gasteiger partial charge in [-0.05, 0) is 0 Å². The predicted molar refractivity (Wildman–Crippen MR) is 122 cm³/mol. The summed E-state index contributed by atoms with van der Waals surface area (Å²) in [6.45, 7) is 7.23. The van der Waals surface area contributed by atoms with Crippen LogP contribution in [0.5, 0.6) is 0 Å². The summed E-state index contributed by atoms with van der Waals surface area (Å²) in [5.41, 5.74) is 0. The van der Waals surface area contributed by atoms with Crippen molar-refractivity contribution in [2.45, 2.75) is 62.7 Å². The van der Waals surface area contributed by atoms with E-state index in [0.717, 1.165) is 12.5 Å². The largest absolute Gasteiger partial charge is 2.00 e. The Kier molecular flexibility index (Phi) is 33.5. The maximum atomic E-state index is 9.98. The van der Waals surface area contributed by atoms with Crippen LogP contribution in [0, 0.1) is 0 Å². The van der Waals surface area contributed by atoms with Crippen LogP contribution in [-0.4, -0.2) is 175 Å². The van der Waals surface area contributed by atoms with Gasteiger partial charge in [-0.3, -0.25) is 9.59 Å². The molecule has 0 aromatic heterocycles.